The van der Waals surface area contributed by atoms with Crippen LogP contribution in [0.5, 0.6) is 0 Å². The summed E-state index contributed by atoms with van der Waals surface area (Å²) in [5.41, 5.74) is 0.314. The molecule has 0 rings (SSSR count). The molecule has 3 N–H and O–H groups in total. The molecule has 0 bridgehead atoms. The number of esters is 1. The monoisotopic (exact) mass is 308 g/mol. The lowest BCUT2D eigenvalue weighted by Crippen LogP contribution is -2.37. The van der Waals surface area contributed by atoms with Crippen molar-refractivity contribution in [1.82, 2.24) is 10.6 Å². The second kappa shape index (κ2) is 9.32. The topological polar surface area (TPSA) is 122 Å². The Hall–Kier alpha value is -1.61. The molecule has 0 fully saturated rings. The summed E-state index contributed by atoms with van der Waals surface area (Å²) >= 11 is 0. The molecule has 2 amide bonds. The zero-order valence-electron chi connectivity index (χ0n) is 11.3. The van der Waals surface area contributed by atoms with Gasteiger partial charge in [-0.1, -0.05) is 6.58 Å². The molecular formula is C11H20N2O6S. The quantitative estimate of drug-likeness (QED) is 0.240. The highest BCUT2D eigenvalue weighted by Crippen LogP contribution is 1.92. The SMILES string of the molecule is C=C(C)C(=O)OCCCNC(=O)NCCCS(=O)(=O)O. The Balaban J connectivity index is 3.50. The minimum atomic E-state index is -3.99. The third kappa shape index (κ3) is 11.5. The standard InChI is InChI=1S/C11H20N2O6S/c1-9(2)10(14)19-7-3-5-12-11(15)13-6-4-8-20(16,17)18/h1,3-8H2,2H3,(H2,12,13,15)(H,16,17,18). The van der Waals surface area contributed by atoms with E-state index in [1.807, 2.05) is 0 Å². The van der Waals surface area contributed by atoms with Crippen LogP contribution in [0.2, 0.25) is 0 Å². The summed E-state index contributed by atoms with van der Waals surface area (Å²) < 4.78 is 34.1. The first-order chi connectivity index (χ1) is 9.22. The lowest BCUT2D eigenvalue weighted by Gasteiger charge is -2.07. The molecule has 0 unspecified atom stereocenters. The van der Waals surface area contributed by atoms with Crippen LogP contribution in [-0.2, 0) is 19.6 Å². The number of carbonyl (C=O) groups is 2. The molecule has 0 radical (unpaired) electrons. The van der Waals surface area contributed by atoms with Gasteiger partial charge in [-0.15, -0.1) is 0 Å². The average Bonchev–Trinajstić information content (AvgIpc) is 2.32. The molecular weight excluding hydrogens is 288 g/mol. The maximum Gasteiger partial charge on any atom is 0.333 e. The molecule has 0 aromatic heterocycles. The van der Waals surface area contributed by atoms with Gasteiger partial charge in [0.25, 0.3) is 10.1 Å². The highest BCUT2D eigenvalue weighted by atomic mass is 32.2. The Labute approximate surface area is 118 Å². The second-order valence-corrected chi connectivity index (χ2v) is 5.66. The molecule has 0 aliphatic heterocycles. The number of carbonyl (C=O) groups excluding carboxylic acids is 2. The zero-order valence-corrected chi connectivity index (χ0v) is 12.2. The lowest BCUT2D eigenvalue weighted by atomic mass is 10.3. The molecule has 0 aliphatic rings. The van der Waals surface area contributed by atoms with Crippen LogP contribution in [0.15, 0.2) is 12.2 Å². The fourth-order valence-corrected chi connectivity index (χ4v) is 1.59. The molecule has 20 heavy (non-hydrogen) atoms. The molecule has 0 aliphatic carbocycles. The van der Waals surface area contributed by atoms with Gasteiger partial charge in [-0.05, 0) is 19.8 Å². The number of nitrogens with one attached hydrogen (secondary N) is 2. The van der Waals surface area contributed by atoms with Gasteiger partial charge in [-0.2, -0.15) is 8.42 Å². The maximum atomic E-state index is 11.2. The summed E-state index contributed by atoms with van der Waals surface area (Å²) in [5.74, 6) is -0.871. The van der Waals surface area contributed by atoms with Crippen molar-refractivity contribution in [1.29, 1.82) is 0 Å². The van der Waals surface area contributed by atoms with Crippen molar-refractivity contribution in [3.05, 3.63) is 12.2 Å². The second-order valence-electron chi connectivity index (χ2n) is 4.09. The van der Waals surface area contributed by atoms with Crippen molar-refractivity contribution >= 4 is 22.1 Å². The predicted molar refractivity (Wildman–Crippen MR) is 72.8 cm³/mol. The minimum absolute atomic E-state index is 0.127. The van der Waals surface area contributed by atoms with Crippen molar-refractivity contribution in [2.75, 3.05) is 25.4 Å². The fraction of sp³-hybridized carbons (Fsp3) is 0.636. The third-order valence-electron chi connectivity index (χ3n) is 2.05. The van der Waals surface area contributed by atoms with Gasteiger partial charge in [0.15, 0.2) is 0 Å². The third-order valence-corrected chi connectivity index (χ3v) is 2.86. The van der Waals surface area contributed by atoms with E-state index < -0.39 is 27.9 Å². The van der Waals surface area contributed by atoms with Gasteiger partial charge >= 0.3 is 12.0 Å². The molecule has 9 heteroatoms. The van der Waals surface area contributed by atoms with Crippen LogP contribution in [-0.4, -0.2) is 50.4 Å². The number of amides is 2. The van der Waals surface area contributed by atoms with Gasteiger partial charge in [0.2, 0.25) is 0 Å². The van der Waals surface area contributed by atoms with Crippen LogP contribution in [0, 0.1) is 0 Å². The van der Waals surface area contributed by atoms with Crippen LogP contribution in [0.4, 0.5) is 4.79 Å². The van der Waals surface area contributed by atoms with E-state index in [9.17, 15) is 18.0 Å². The van der Waals surface area contributed by atoms with Crippen LogP contribution in [0.25, 0.3) is 0 Å². The van der Waals surface area contributed by atoms with Gasteiger partial charge in [-0.3, -0.25) is 4.55 Å². The summed E-state index contributed by atoms with van der Waals surface area (Å²) in [4.78, 5) is 22.2. The Morgan fingerprint density at radius 1 is 1.20 bits per heavy atom. The number of hydrogen-bond acceptors (Lipinski definition) is 5. The number of rotatable bonds is 9. The van der Waals surface area contributed by atoms with Crippen LogP contribution in [0.3, 0.4) is 0 Å². The largest absolute Gasteiger partial charge is 0.462 e. The van der Waals surface area contributed by atoms with Crippen molar-refractivity contribution in [2.45, 2.75) is 19.8 Å². The van der Waals surface area contributed by atoms with Gasteiger partial charge in [0.1, 0.15) is 0 Å². The molecule has 0 aromatic carbocycles. The molecule has 0 heterocycles. The molecule has 0 aromatic rings. The molecule has 0 saturated heterocycles. The number of hydrogen-bond donors (Lipinski definition) is 3. The number of ether oxygens (including phenoxy) is 1. The van der Waals surface area contributed by atoms with E-state index in [0.717, 1.165) is 0 Å². The van der Waals surface area contributed by atoms with Crippen LogP contribution < -0.4 is 10.6 Å². The van der Waals surface area contributed by atoms with Crippen LogP contribution >= 0.6 is 0 Å². The zero-order chi connectivity index (χ0) is 15.6. The van der Waals surface area contributed by atoms with Gasteiger partial charge in [0.05, 0.1) is 12.4 Å². The van der Waals surface area contributed by atoms with E-state index in [4.69, 9.17) is 9.29 Å². The Morgan fingerprint density at radius 3 is 2.25 bits per heavy atom. The van der Waals surface area contributed by atoms with E-state index in [2.05, 4.69) is 17.2 Å². The smallest absolute Gasteiger partial charge is 0.333 e. The lowest BCUT2D eigenvalue weighted by molar-refractivity contribution is -0.138. The fourth-order valence-electron chi connectivity index (χ4n) is 1.08. The Bertz CT molecular complexity index is 446. The van der Waals surface area contributed by atoms with Crippen LogP contribution in [0.1, 0.15) is 19.8 Å². The molecule has 0 spiro atoms. The van der Waals surface area contributed by atoms with Gasteiger partial charge in [0, 0.05) is 18.7 Å². The van der Waals surface area contributed by atoms with E-state index in [1.54, 1.807) is 6.92 Å². The highest BCUT2D eigenvalue weighted by molar-refractivity contribution is 7.85. The van der Waals surface area contributed by atoms with Crippen molar-refractivity contribution in [3.8, 4) is 0 Å². The maximum absolute atomic E-state index is 11.2. The first-order valence-corrected chi connectivity index (χ1v) is 7.63. The van der Waals surface area contributed by atoms with E-state index in [-0.39, 0.29) is 19.6 Å². The van der Waals surface area contributed by atoms with Crippen molar-refractivity contribution in [2.24, 2.45) is 0 Å². The minimum Gasteiger partial charge on any atom is -0.462 e. The van der Waals surface area contributed by atoms with Gasteiger partial charge in [-0.25, -0.2) is 9.59 Å². The molecule has 116 valence electrons. The molecule has 8 nitrogen and oxygen atoms in total. The normalized spacial score (nSPS) is 10.7. The Kier molecular flexibility index (Phi) is 8.57. The first-order valence-electron chi connectivity index (χ1n) is 6.02. The van der Waals surface area contributed by atoms with E-state index in [0.29, 0.717) is 18.5 Å². The summed E-state index contributed by atoms with van der Waals surface area (Å²) in [7, 11) is -3.99. The summed E-state index contributed by atoms with van der Waals surface area (Å²) in [5, 5.41) is 4.93. The summed E-state index contributed by atoms with van der Waals surface area (Å²) in [6.45, 7) is 5.59. The first kappa shape index (κ1) is 18.4. The van der Waals surface area contributed by atoms with E-state index in [1.165, 1.54) is 0 Å². The van der Waals surface area contributed by atoms with Gasteiger partial charge < -0.3 is 15.4 Å². The predicted octanol–water partition coefficient (Wildman–Crippen LogP) is 0.0729. The van der Waals surface area contributed by atoms with Crippen molar-refractivity contribution < 1.29 is 27.3 Å². The summed E-state index contributed by atoms with van der Waals surface area (Å²) in [6.07, 6.45) is 0.583. The van der Waals surface area contributed by atoms with Crippen molar-refractivity contribution in [3.63, 3.8) is 0 Å². The van der Waals surface area contributed by atoms with E-state index >= 15 is 0 Å². The number of urea groups is 1. The molecule has 0 saturated carbocycles. The Morgan fingerprint density at radius 2 is 1.75 bits per heavy atom. The summed E-state index contributed by atoms with van der Waals surface area (Å²) in [6, 6.07) is -0.452. The average molecular weight is 308 g/mol. The molecule has 0 atom stereocenters. The highest BCUT2D eigenvalue weighted by Gasteiger charge is 2.05.